The Morgan fingerprint density at radius 3 is 2.85 bits per heavy atom. The molecule has 1 aliphatic heterocycles. The normalized spacial score (nSPS) is 24.7. The average Bonchev–Trinajstić information content (AvgIpc) is 3.11. The van der Waals surface area contributed by atoms with E-state index in [0.29, 0.717) is 18.5 Å². The van der Waals surface area contributed by atoms with Gasteiger partial charge in [0.1, 0.15) is 0 Å². The van der Waals surface area contributed by atoms with Crippen LogP contribution in [0, 0.1) is 0 Å². The minimum Gasteiger partial charge on any atom is -0.379 e. The van der Waals surface area contributed by atoms with Crippen molar-refractivity contribution in [2.75, 3.05) is 33.4 Å². The third kappa shape index (κ3) is 3.66. The van der Waals surface area contributed by atoms with E-state index >= 15 is 0 Å². The van der Waals surface area contributed by atoms with Crippen molar-refractivity contribution in [1.29, 1.82) is 0 Å². The number of likely N-dealkylation sites (N-methyl/N-ethyl adjacent to an activating group) is 1. The van der Waals surface area contributed by atoms with Crippen LogP contribution in [0.3, 0.4) is 0 Å². The zero-order valence-corrected chi connectivity index (χ0v) is 16.3. The number of morpholine rings is 1. The number of carbonyl (C=O) groups is 1. The van der Waals surface area contributed by atoms with Crippen molar-refractivity contribution in [3.05, 3.63) is 35.2 Å². The summed E-state index contributed by atoms with van der Waals surface area (Å²) in [5, 5.41) is 3.38. The van der Waals surface area contributed by atoms with Gasteiger partial charge < -0.3 is 9.64 Å². The lowest BCUT2D eigenvalue weighted by atomic mass is 9.87. The van der Waals surface area contributed by atoms with Gasteiger partial charge in [-0.2, -0.15) is 0 Å². The maximum absolute atomic E-state index is 13.1. The third-order valence-electron chi connectivity index (χ3n) is 6.00. The minimum absolute atomic E-state index is 0.249. The molecule has 0 radical (unpaired) electrons. The van der Waals surface area contributed by atoms with Crippen molar-refractivity contribution in [1.82, 2.24) is 9.80 Å². The van der Waals surface area contributed by atoms with E-state index in [0.717, 1.165) is 32.7 Å². The van der Waals surface area contributed by atoms with Crippen molar-refractivity contribution in [2.45, 2.75) is 44.2 Å². The number of carbonyl (C=O) groups excluding carboxylic acids is 1. The lowest BCUT2D eigenvalue weighted by molar-refractivity contribution is -0.134. The van der Waals surface area contributed by atoms with Gasteiger partial charge in [-0.25, -0.2) is 0 Å². The Morgan fingerprint density at radius 2 is 2.00 bits per heavy atom. The highest BCUT2D eigenvalue weighted by Gasteiger charge is 2.35. The lowest BCUT2D eigenvalue weighted by Crippen LogP contribution is -2.56. The van der Waals surface area contributed by atoms with E-state index in [-0.39, 0.29) is 5.91 Å². The van der Waals surface area contributed by atoms with Crippen LogP contribution >= 0.6 is 11.3 Å². The van der Waals surface area contributed by atoms with Gasteiger partial charge >= 0.3 is 0 Å². The molecule has 4 rings (SSSR count). The molecule has 2 atom stereocenters. The molecule has 2 aliphatic rings. The third-order valence-corrected chi connectivity index (χ3v) is 7.01. The van der Waals surface area contributed by atoms with Crippen LogP contribution in [0.2, 0.25) is 0 Å². The molecule has 1 saturated carbocycles. The number of thiophene rings is 1. The second-order valence-electron chi connectivity index (χ2n) is 7.51. The maximum Gasteiger partial charge on any atom is 0.227 e. The summed E-state index contributed by atoms with van der Waals surface area (Å²) in [6.07, 6.45) is 5.32. The second-order valence-corrected chi connectivity index (χ2v) is 8.42. The standard InChI is InChI=1S/C21H28N2O2S/c1-22(18-7-3-4-8-19(18)23-10-12-25-13-11-23)21(24)14-16-15-26-20-9-5-2-6-17(16)20/h2,5-6,9,15,18-19H,3-4,7-8,10-14H2,1H3/t18-,19-/m0/s1. The molecule has 0 N–H and O–H groups in total. The topological polar surface area (TPSA) is 32.8 Å². The van der Waals surface area contributed by atoms with Crippen LogP contribution in [0.5, 0.6) is 0 Å². The second kappa shape index (κ2) is 8.07. The molecule has 4 nitrogen and oxygen atoms in total. The zero-order valence-electron chi connectivity index (χ0n) is 15.5. The van der Waals surface area contributed by atoms with E-state index in [1.54, 1.807) is 11.3 Å². The molecule has 0 bridgehead atoms. The number of benzene rings is 1. The van der Waals surface area contributed by atoms with Crippen LogP contribution in [-0.4, -0.2) is 61.1 Å². The largest absolute Gasteiger partial charge is 0.379 e. The fraction of sp³-hybridized carbons (Fsp3) is 0.571. The molecule has 1 saturated heterocycles. The monoisotopic (exact) mass is 372 g/mol. The molecule has 26 heavy (non-hydrogen) atoms. The van der Waals surface area contributed by atoms with Crippen LogP contribution in [0.25, 0.3) is 10.1 Å². The van der Waals surface area contributed by atoms with Crippen molar-refractivity contribution in [2.24, 2.45) is 0 Å². The number of rotatable bonds is 4. The van der Waals surface area contributed by atoms with Crippen LogP contribution in [0.4, 0.5) is 0 Å². The van der Waals surface area contributed by atoms with Crippen molar-refractivity contribution in [3.63, 3.8) is 0 Å². The molecule has 1 aliphatic carbocycles. The summed E-state index contributed by atoms with van der Waals surface area (Å²) in [6.45, 7) is 3.64. The SMILES string of the molecule is CN(C(=O)Cc1csc2ccccc12)[C@H]1CCCC[C@@H]1N1CCOCC1. The van der Waals surface area contributed by atoms with Gasteiger partial charge in [0.05, 0.1) is 19.6 Å². The van der Waals surface area contributed by atoms with Gasteiger partial charge in [-0.05, 0) is 35.2 Å². The van der Waals surface area contributed by atoms with Gasteiger partial charge in [-0.1, -0.05) is 31.0 Å². The summed E-state index contributed by atoms with van der Waals surface area (Å²) < 4.78 is 6.79. The molecule has 5 heteroatoms. The lowest BCUT2D eigenvalue weighted by Gasteiger charge is -2.45. The van der Waals surface area contributed by atoms with Gasteiger partial charge in [0.15, 0.2) is 0 Å². The predicted octanol–water partition coefficient (Wildman–Crippen LogP) is 3.55. The zero-order chi connectivity index (χ0) is 17.9. The molecule has 0 unspecified atom stereocenters. The first kappa shape index (κ1) is 18.0. The van der Waals surface area contributed by atoms with E-state index < -0.39 is 0 Å². The van der Waals surface area contributed by atoms with Gasteiger partial charge in [0.2, 0.25) is 5.91 Å². The molecular formula is C21H28N2O2S. The van der Waals surface area contributed by atoms with Crippen molar-refractivity contribution < 1.29 is 9.53 Å². The number of hydrogen-bond acceptors (Lipinski definition) is 4. The number of hydrogen-bond donors (Lipinski definition) is 0. The van der Waals surface area contributed by atoms with Gasteiger partial charge in [0, 0.05) is 36.9 Å². The summed E-state index contributed by atoms with van der Waals surface area (Å²) in [5.74, 6) is 0.249. The predicted molar refractivity (Wildman–Crippen MR) is 107 cm³/mol. The molecule has 140 valence electrons. The fourth-order valence-electron chi connectivity index (χ4n) is 4.52. The van der Waals surface area contributed by atoms with Crippen LogP contribution in [-0.2, 0) is 16.0 Å². The van der Waals surface area contributed by atoms with E-state index in [9.17, 15) is 4.79 Å². The van der Waals surface area contributed by atoms with Gasteiger partial charge in [-0.3, -0.25) is 9.69 Å². The Labute approximate surface area is 159 Å². The van der Waals surface area contributed by atoms with E-state index in [4.69, 9.17) is 4.74 Å². The van der Waals surface area contributed by atoms with E-state index in [1.165, 1.54) is 34.9 Å². The molecule has 1 aromatic heterocycles. The molecule has 2 fully saturated rings. The summed E-state index contributed by atoms with van der Waals surface area (Å²) in [4.78, 5) is 17.7. The first-order valence-electron chi connectivity index (χ1n) is 9.76. The minimum atomic E-state index is 0.249. The summed E-state index contributed by atoms with van der Waals surface area (Å²) >= 11 is 1.73. The Bertz CT molecular complexity index is 753. The Kier molecular flexibility index (Phi) is 5.57. The van der Waals surface area contributed by atoms with Crippen molar-refractivity contribution in [3.8, 4) is 0 Å². The first-order valence-corrected chi connectivity index (χ1v) is 10.6. The van der Waals surface area contributed by atoms with E-state index in [1.807, 2.05) is 11.9 Å². The maximum atomic E-state index is 13.1. The molecular weight excluding hydrogens is 344 g/mol. The Morgan fingerprint density at radius 1 is 1.23 bits per heavy atom. The number of ether oxygens (including phenoxy) is 1. The average molecular weight is 373 g/mol. The summed E-state index contributed by atoms with van der Waals surface area (Å²) in [6, 6.07) is 9.20. The first-order chi connectivity index (χ1) is 12.7. The number of fused-ring (bicyclic) bond motifs is 1. The Hall–Kier alpha value is -1.43. The number of amides is 1. The highest BCUT2D eigenvalue weighted by atomic mass is 32.1. The summed E-state index contributed by atoms with van der Waals surface area (Å²) in [7, 11) is 2.01. The molecule has 2 aromatic rings. The van der Waals surface area contributed by atoms with Gasteiger partial charge in [0.25, 0.3) is 0 Å². The summed E-state index contributed by atoms with van der Waals surface area (Å²) in [5.41, 5.74) is 1.17. The van der Waals surface area contributed by atoms with Crippen LogP contribution in [0.15, 0.2) is 29.6 Å². The van der Waals surface area contributed by atoms with Crippen LogP contribution < -0.4 is 0 Å². The van der Waals surface area contributed by atoms with Gasteiger partial charge in [-0.15, -0.1) is 11.3 Å². The molecule has 1 aromatic carbocycles. The van der Waals surface area contributed by atoms with E-state index in [2.05, 4.69) is 34.5 Å². The fourth-order valence-corrected chi connectivity index (χ4v) is 5.48. The van der Waals surface area contributed by atoms with Crippen molar-refractivity contribution >= 4 is 27.3 Å². The number of nitrogens with zero attached hydrogens (tertiary/aromatic N) is 2. The highest BCUT2D eigenvalue weighted by molar-refractivity contribution is 7.17. The molecule has 2 heterocycles. The smallest absolute Gasteiger partial charge is 0.227 e. The van der Waals surface area contributed by atoms with Crippen LogP contribution in [0.1, 0.15) is 31.2 Å². The molecule has 1 amide bonds. The quantitative estimate of drug-likeness (QED) is 0.823. The Balaban J connectivity index is 1.47. The highest BCUT2D eigenvalue weighted by Crippen LogP contribution is 2.29. The molecule has 0 spiro atoms.